The number of ether oxygens (including phenoxy) is 1. The summed E-state index contributed by atoms with van der Waals surface area (Å²) in [5, 5.41) is 17.2. The number of imidazole rings is 1. The van der Waals surface area contributed by atoms with Crippen molar-refractivity contribution in [2.45, 2.75) is 13.0 Å². The molecule has 2 heterocycles. The van der Waals surface area contributed by atoms with Crippen molar-refractivity contribution in [2.24, 2.45) is 0 Å². The van der Waals surface area contributed by atoms with Crippen LogP contribution in [0.2, 0.25) is 0 Å². The number of aromatic amines is 1. The molecular weight excluding hydrogens is 230 g/mol. The molecule has 0 spiro atoms. The number of anilines is 1. The lowest BCUT2D eigenvalue weighted by molar-refractivity contribution is -0.106. The number of nitrogens with two attached hydrogens (primary N) is 1. The van der Waals surface area contributed by atoms with E-state index in [1.165, 1.54) is 10.9 Å². The van der Waals surface area contributed by atoms with Crippen molar-refractivity contribution in [3.8, 4) is 0 Å². The van der Waals surface area contributed by atoms with Gasteiger partial charge in [0.05, 0.1) is 12.9 Å². The third-order valence-corrected chi connectivity index (χ3v) is 1.99. The summed E-state index contributed by atoms with van der Waals surface area (Å²) in [5.41, 5.74) is 5.39. The van der Waals surface area contributed by atoms with Crippen molar-refractivity contribution in [3.05, 3.63) is 16.7 Å². The number of nitrogens with one attached hydrogen (secondary N) is 1. The summed E-state index contributed by atoms with van der Waals surface area (Å²) in [6, 6.07) is 0. The molecule has 2 aromatic heterocycles. The van der Waals surface area contributed by atoms with E-state index in [9.17, 15) is 4.79 Å². The number of nitrogen functional groups attached to an aromatic ring is 1. The van der Waals surface area contributed by atoms with Gasteiger partial charge in [0.25, 0.3) is 5.56 Å². The zero-order chi connectivity index (χ0) is 12.4. The smallest absolute Gasteiger partial charge is 0.280 e. The van der Waals surface area contributed by atoms with Gasteiger partial charge in [-0.15, -0.1) is 0 Å². The van der Waals surface area contributed by atoms with Crippen LogP contribution < -0.4 is 11.3 Å². The number of aromatic nitrogens is 4. The fourth-order valence-corrected chi connectivity index (χ4v) is 1.32. The Bertz CT molecular complexity index is 575. The highest BCUT2D eigenvalue weighted by molar-refractivity contribution is 5.70. The molecule has 0 bridgehead atoms. The highest BCUT2D eigenvalue weighted by Crippen LogP contribution is 2.06. The lowest BCUT2D eigenvalue weighted by atomic mass is 10.5. The predicted octanol–water partition coefficient (Wildman–Crippen LogP) is -2.01. The average molecular weight is 241 g/mol. The predicted molar refractivity (Wildman–Crippen MR) is 56.7 cm³/mol. The first-order valence-electron chi connectivity index (χ1n) is 4.72. The minimum atomic E-state index is -1.55. The molecule has 5 N–H and O–H groups in total. The molecule has 0 aliphatic carbocycles. The molecule has 0 amide bonds. The molecule has 0 radical (unpaired) electrons. The lowest BCUT2D eigenvalue weighted by Gasteiger charge is -2.06. The Labute approximate surface area is 94.5 Å². The first kappa shape index (κ1) is 11.5. The summed E-state index contributed by atoms with van der Waals surface area (Å²) in [5.74, 6) is -0.0218. The number of fused-ring (bicyclic) bond motifs is 1. The average Bonchev–Trinajstić information content (AvgIpc) is 2.61. The monoisotopic (exact) mass is 241 g/mol. The zero-order valence-corrected chi connectivity index (χ0v) is 8.70. The summed E-state index contributed by atoms with van der Waals surface area (Å²) < 4.78 is 6.39. The van der Waals surface area contributed by atoms with Crippen LogP contribution in [-0.2, 0) is 11.5 Å². The van der Waals surface area contributed by atoms with Crippen molar-refractivity contribution >= 4 is 17.1 Å². The van der Waals surface area contributed by atoms with Gasteiger partial charge in [0.1, 0.15) is 6.73 Å². The molecule has 0 atom stereocenters. The Morgan fingerprint density at radius 3 is 3.06 bits per heavy atom. The van der Waals surface area contributed by atoms with Crippen molar-refractivity contribution < 1.29 is 14.9 Å². The summed E-state index contributed by atoms with van der Waals surface area (Å²) in [6.07, 6.45) is -0.193. The molecule has 0 aliphatic rings. The van der Waals surface area contributed by atoms with Crippen LogP contribution >= 0.6 is 0 Å². The van der Waals surface area contributed by atoms with E-state index < -0.39 is 11.8 Å². The van der Waals surface area contributed by atoms with Crippen LogP contribution in [0.25, 0.3) is 11.2 Å². The van der Waals surface area contributed by atoms with E-state index in [-0.39, 0.29) is 30.4 Å². The van der Waals surface area contributed by atoms with Crippen LogP contribution in [0.3, 0.4) is 0 Å². The second-order valence-electron chi connectivity index (χ2n) is 3.32. The molecule has 17 heavy (non-hydrogen) atoms. The maximum atomic E-state index is 11.4. The highest BCUT2D eigenvalue weighted by Gasteiger charge is 2.09. The molecule has 0 unspecified atom stereocenters. The first-order chi connectivity index (χ1) is 8.08. The maximum Gasteiger partial charge on any atom is 0.280 e. The summed E-state index contributed by atoms with van der Waals surface area (Å²) in [6.45, 7) is -0.262. The molecule has 92 valence electrons. The Balaban J connectivity index is 2.26. The molecule has 0 aliphatic heterocycles. The van der Waals surface area contributed by atoms with E-state index in [2.05, 4.69) is 15.0 Å². The van der Waals surface area contributed by atoms with Gasteiger partial charge >= 0.3 is 0 Å². The second kappa shape index (κ2) is 4.49. The standard InChI is InChI=1S/C8H11N5O4/c9-8-11-6-5(7(16)12-8)10-2-13(6)3-17-1-4(14)15/h2,4,14-15H,1,3H2,(H3,9,11,12,16). The van der Waals surface area contributed by atoms with E-state index in [1.807, 2.05) is 0 Å². The van der Waals surface area contributed by atoms with Gasteiger partial charge in [-0.3, -0.25) is 14.3 Å². The van der Waals surface area contributed by atoms with Crippen LogP contribution in [0.1, 0.15) is 0 Å². The molecular formula is C8H11N5O4. The van der Waals surface area contributed by atoms with Crippen molar-refractivity contribution in [1.29, 1.82) is 0 Å². The number of H-pyrrole nitrogens is 1. The Morgan fingerprint density at radius 1 is 1.59 bits per heavy atom. The van der Waals surface area contributed by atoms with Crippen molar-refractivity contribution in [3.63, 3.8) is 0 Å². The van der Waals surface area contributed by atoms with Gasteiger partial charge in [-0.05, 0) is 0 Å². The third kappa shape index (κ3) is 2.41. The van der Waals surface area contributed by atoms with Gasteiger partial charge in [-0.1, -0.05) is 0 Å². The van der Waals surface area contributed by atoms with Gasteiger partial charge in [0, 0.05) is 0 Å². The van der Waals surface area contributed by atoms with Crippen LogP contribution in [0.5, 0.6) is 0 Å². The number of hydrogen-bond donors (Lipinski definition) is 4. The van der Waals surface area contributed by atoms with Gasteiger partial charge in [-0.25, -0.2) is 4.98 Å². The number of hydrogen-bond acceptors (Lipinski definition) is 7. The van der Waals surface area contributed by atoms with E-state index in [4.69, 9.17) is 20.7 Å². The minimum Gasteiger partial charge on any atom is -0.369 e. The van der Waals surface area contributed by atoms with Gasteiger partial charge in [0.2, 0.25) is 5.95 Å². The Morgan fingerprint density at radius 2 is 2.35 bits per heavy atom. The molecule has 2 aromatic rings. The normalized spacial score (nSPS) is 11.5. The largest absolute Gasteiger partial charge is 0.369 e. The Hall–Kier alpha value is -1.97. The molecule has 9 nitrogen and oxygen atoms in total. The number of nitrogens with zero attached hydrogens (tertiary/aromatic N) is 3. The molecule has 9 heteroatoms. The quantitative estimate of drug-likeness (QED) is 0.453. The van der Waals surface area contributed by atoms with Gasteiger partial charge in [0.15, 0.2) is 17.5 Å². The van der Waals surface area contributed by atoms with E-state index in [1.54, 1.807) is 0 Å². The molecule has 0 saturated carbocycles. The Kier molecular flexibility index (Phi) is 3.04. The summed E-state index contributed by atoms with van der Waals surface area (Å²) >= 11 is 0. The maximum absolute atomic E-state index is 11.4. The summed E-state index contributed by atoms with van der Waals surface area (Å²) in [7, 11) is 0. The number of aliphatic hydroxyl groups excluding tert-OH is 1. The second-order valence-corrected chi connectivity index (χ2v) is 3.32. The fraction of sp³-hybridized carbons (Fsp3) is 0.375. The van der Waals surface area contributed by atoms with E-state index >= 15 is 0 Å². The number of aliphatic hydroxyl groups is 2. The SMILES string of the molecule is Nc1nc2c(ncn2COCC(O)O)c(=O)[nH]1. The first-order valence-corrected chi connectivity index (χ1v) is 4.72. The molecule has 0 saturated heterocycles. The number of rotatable bonds is 4. The highest BCUT2D eigenvalue weighted by atomic mass is 16.5. The summed E-state index contributed by atoms with van der Waals surface area (Å²) in [4.78, 5) is 21.5. The molecule has 0 fully saturated rings. The van der Waals surface area contributed by atoms with Gasteiger partial charge < -0.3 is 20.7 Å². The lowest BCUT2D eigenvalue weighted by Crippen LogP contribution is -2.16. The molecule has 0 aromatic carbocycles. The van der Waals surface area contributed by atoms with Crippen molar-refractivity contribution in [1.82, 2.24) is 19.5 Å². The fourth-order valence-electron chi connectivity index (χ4n) is 1.32. The third-order valence-electron chi connectivity index (χ3n) is 1.99. The van der Waals surface area contributed by atoms with Crippen LogP contribution in [0.4, 0.5) is 5.95 Å². The topological polar surface area (TPSA) is 139 Å². The minimum absolute atomic E-state index is 0.00991. The van der Waals surface area contributed by atoms with Gasteiger partial charge in [-0.2, -0.15) is 4.98 Å². The van der Waals surface area contributed by atoms with Crippen molar-refractivity contribution in [2.75, 3.05) is 12.3 Å². The van der Waals surface area contributed by atoms with Crippen LogP contribution in [-0.4, -0.2) is 42.6 Å². The van der Waals surface area contributed by atoms with Crippen LogP contribution in [0, 0.1) is 0 Å². The van der Waals surface area contributed by atoms with E-state index in [0.29, 0.717) is 0 Å². The molecule has 2 rings (SSSR count). The zero-order valence-electron chi connectivity index (χ0n) is 8.70. The van der Waals surface area contributed by atoms with Crippen LogP contribution in [0.15, 0.2) is 11.1 Å². The van der Waals surface area contributed by atoms with E-state index in [0.717, 1.165) is 0 Å².